The van der Waals surface area contributed by atoms with Crippen LogP contribution in [0.25, 0.3) is 10.9 Å². The molecule has 0 bridgehead atoms. The summed E-state index contributed by atoms with van der Waals surface area (Å²) in [6, 6.07) is 7.72. The molecular weight excluding hydrogens is 328 g/mol. The van der Waals surface area contributed by atoms with Crippen molar-refractivity contribution < 1.29 is 15.3 Å². The molecule has 5 heteroatoms. The van der Waals surface area contributed by atoms with E-state index in [0.29, 0.717) is 12.5 Å². The summed E-state index contributed by atoms with van der Waals surface area (Å²) in [5.41, 5.74) is 1.71. The van der Waals surface area contributed by atoms with Crippen molar-refractivity contribution in [3.63, 3.8) is 0 Å². The largest absolute Gasteiger partial charge is 0.392 e. The highest BCUT2D eigenvalue weighted by Crippen LogP contribution is 2.50. The Morgan fingerprint density at radius 3 is 2.96 bits per heavy atom. The van der Waals surface area contributed by atoms with Gasteiger partial charge in [0.15, 0.2) is 0 Å². The van der Waals surface area contributed by atoms with Gasteiger partial charge < -0.3 is 15.3 Å². The molecule has 1 aromatic carbocycles. The van der Waals surface area contributed by atoms with E-state index in [-0.39, 0.29) is 18.6 Å². The SMILES string of the molecule is C=C[C@]1(O)CC2[C@H]1CCN2C(C)[C@H](O)c1ccnc2ccc(CO)cc12. The van der Waals surface area contributed by atoms with Gasteiger partial charge in [-0.3, -0.25) is 9.88 Å². The second kappa shape index (κ2) is 6.43. The second-order valence-electron chi connectivity index (χ2n) is 7.70. The number of aliphatic hydroxyl groups is 3. The molecule has 3 N–H and O–H groups in total. The van der Waals surface area contributed by atoms with Gasteiger partial charge in [0.25, 0.3) is 0 Å². The summed E-state index contributed by atoms with van der Waals surface area (Å²) in [7, 11) is 0. The summed E-state index contributed by atoms with van der Waals surface area (Å²) in [5.74, 6) is 0.213. The molecule has 4 rings (SSSR count). The summed E-state index contributed by atoms with van der Waals surface area (Å²) < 4.78 is 0. The van der Waals surface area contributed by atoms with Crippen molar-refractivity contribution in [3.8, 4) is 0 Å². The van der Waals surface area contributed by atoms with Crippen LogP contribution in [0, 0.1) is 5.92 Å². The highest BCUT2D eigenvalue weighted by Gasteiger charge is 2.57. The lowest BCUT2D eigenvalue weighted by Gasteiger charge is -2.50. The highest BCUT2D eigenvalue weighted by atomic mass is 16.3. The van der Waals surface area contributed by atoms with Gasteiger partial charge in [-0.25, -0.2) is 0 Å². The van der Waals surface area contributed by atoms with Crippen LogP contribution < -0.4 is 0 Å². The normalized spacial score (nSPS) is 30.6. The van der Waals surface area contributed by atoms with Crippen LogP contribution in [0.2, 0.25) is 0 Å². The first-order chi connectivity index (χ1) is 12.5. The van der Waals surface area contributed by atoms with Crippen LogP contribution in [-0.2, 0) is 6.61 Å². The van der Waals surface area contributed by atoms with Gasteiger partial charge in [0.1, 0.15) is 0 Å². The number of pyridine rings is 1. The minimum atomic E-state index is -0.747. The van der Waals surface area contributed by atoms with Crippen molar-refractivity contribution in [2.24, 2.45) is 5.92 Å². The number of benzene rings is 1. The number of likely N-dealkylation sites (tertiary alicyclic amines) is 1. The van der Waals surface area contributed by atoms with Crippen LogP contribution in [-0.4, -0.2) is 49.4 Å². The molecule has 0 spiro atoms. The third-order valence-corrected chi connectivity index (χ3v) is 6.44. The van der Waals surface area contributed by atoms with Gasteiger partial charge in [-0.1, -0.05) is 12.1 Å². The maximum atomic E-state index is 11.1. The summed E-state index contributed by atoms with van der Waals surface area (Å²) >= 11 is 0. The van der Waals surface area contributed by atoms with Crippen LogP contribution in [0.3, 0.4) is 0 Å². The predicted octanol–water partition coefficient (Wildman–Crippen LogP) is 2.16. The highest BCUT2D eigenvalue weighted by molar-refractivity contribution is 5.83. The number of nitrogens with zero attached hydrogens (tertiary/aromatic N) is 2. The molecule has 2 heterocycles. The molecule has 1 aliphatic carbocycles. The Morgan fingerprint density at radius 2 is 2.23 bits per heavy atom. The van der Waals surface area contributed by atoms with Crippen LogP contribution >= 0.6 is 0 Å². The number of hydrogen-bond donors (Lipinski definition) is 3. The predicted molar refractivity (Wildman–Crippen MR) is 100 cm³/mol. The molecule has 138 valence electrons. The average Bonchev–Trinajstić information content (AvgIpc) is 3.03. The van der Waals surface area contributed by atoms with E-state index in [1.54, 1.807) is 12.3 Å². The summed E-state index contributed by atoms with van der Waals surface area (Å²) in [5, 5.41) is 31.9. The monoisotopic (exact) mass is 354 g/mol. The maximum absolute atomic E-state index is 11.1. The standard InChI is InChI=1S/C21H26N2O3/c1-3-21(26)11-19-17(21)7-9-23(19)13(2)20(25)15-6-8-22-18-5-4-14(12-24)10-16(15)18/h3-6,8,10,13,17,19-20,24-26H,1,7,9,11-12H2,2H3/t13?,17-,19?,20+,21+/m1/s1. The molecule has 5 atom stereocenters. The lowest BCUT2D eigenvalue weighted by molar-refractivity contribution is -0.0996. The van der Waals surface area contributed by atoms with E-state index in [0.717, 1.165) is 35.0 Å². The quantitative estimate of drug-likeness (QED) is 0.718. The van der Waals surface area contributed by atoms with Crippen LogP contribution in [0.5, 0.6) is 0 Å². The minimum Gasteiger partial charge on any atom is -0.392 e. The summed E-state index contributed by atoms with van der Waals surface area (Å²) in [4.78, 5) is 6.69. The molecule has 1 aromatic heterocycles. The van der Waals surface area contributed by atoms with Crippen molar-refractivity contribution in [2.45, 2.75) is 50.2 Å². The van der Waals surface area contributed by atoms with Gasteiger partial charge in [-0.05, 0) is 55.6 Å². The van der Waals surface area contributed by atoms with Crippen molar-refractivity contribution in [1.29, 1.82) is 0 Å². The van der Waals surface area contributed by atoms with Gasteiger partial charge in [0, 0.05) is 29.6 Å². The molecule has 2 aliphatic rings. The zero-order valence-corrected chi connectivity index (χ0v) is 15.0. The van der Waals surface area contributed by atoms with Gasteiger partial charge in [0.2, 0.25) is 0 Å². The van der Waals surface area contributed by atoms with Gasteiger partial charge in [-0.15, -0.1) is 6.58 Å². The lowest BCUT2D eigenvalue weighted by Crippen LogP contribution is -2.59. The van der Waals surface area contributed by atoms with Gasteiger partial charge in [-0.2, -0.15) is 0 Å². The molecule has 1 saturated heterocycles. The number of aromatic nitrogens is 1. The van der Waals surface area contributed by atoms with E-state index < -0.39 is 11.7 Å². The first-order valence-electron chi connectivity index (χ1n) is 9.26. The van der Waals surface area contributed by atoms with E-state index in [1.807, 2.05) is 31.2 Å². The van der Waals surface area contributed by atoms with Crippen molar-refractivity contribution in [1.82, 2.24) is 9.88 Å². The Hall–Kier alpha value is -1.79. The lowest BCUT2D eigenvalue weighted by atomic mass is 9.65. The molecule has 0 amide bonds. The maximum Gasteiger partial charge on any atom is 0.0949 e. The third kappa shape index (κ3) is 2.58. The Labute approximate surface area is 153 Å². The van der Waals surface area contributed by atoms with Crippen molar-refractivity contribution >= 4 is 10.9 Å². The van der Waals surface area contributed by atoms with E-state index in [2.05, 4.69) is 16.5 Å². The molecule has 1 saturated carbocycles. The van der Waals surface area contributed by atoms with E-state index in [1.165, 1.54) is 0 Å². The number of aliphatic hydroxyl groups excluding tert-OH is 2. The molecule has 2 aromatic rings. The first-order valence-corrected chi connectivity index (χ1v) is 9.26. The molecule has 26 heavy (non-hydrogen) atoms. The topological polar surface area (TPSA) is 76.8 Å². The average molecular weight is 354 g/mol. The zero-order chi connectivity index (χ0) is 18.5. The van der Waals surface area contributed by atoms with E-state index in [4.69, 9.17) is 0 Å². The Bertz CT molecular complexity index is 839. The summed E-state index contributed by atoms with van der Waals surface area (Å²) in [6.07, 6.45) is 4.34. The Morgan fingerprint density at radius 1 is 1.42 bits per heavy atom. The third-order valence-electron chi connectivity index (χ3n) is 6.44. The van der Waals surface area contributed by atoms with E-state index in [9.17, 15) is 15.3 Å². The van der Waals surface area contributed by atoms with Crippen molar-refractivity contribution in [2.75, 3.05) is 6.54 Å². The fourth-order valence-corrected chi connectivity index (χ4v) is 4.80. The van der Waals surface area contributed by atoms with Crippen molar-refractivity contribution in [3.05, 3.63) is 54.2 Å². The molecule has 0 radical (unpaired) electrons. The number of hydrogen-bond acceptors (Lipinski definition) is 5. The fraction of sp³-hybridized carbons (Fsp3) is 0.476. The van der Waals surface area contributed by atoms with Crippen LogP contribution in [0.1, 0.15) is 37.0 Å². The molecule has 5 nitrogen and oxygen atoms in total. The van der Waals surface area contributed by atoms with Crippen LogP contribution in [0.4, 0.5) is 0 Å². The number of fused-ring (bicyclic) bond motifs is 2. The van der Waals surface area contributed by atoms with Crippen LogP contribution in [0.15, 0.2) is 43.1 Å². The summed E-state index contributed by atoms with van der Waals surface area (Å²) in [6.45, 7) is 6.65. The zero-order valence-electron chi connectivity index (χ0n) is 15.0. The fourth-order valence-electron chi connectivity index (χ4n) is 4.80. The molecular formula is C21H26N2O3. The second-order valence-corrected chi connectivity index (χ2v) is 7.70. The Balaban J connectivity index is 1.61. The molecule has 2 fully saturated rings. The van der Waals surface area contributed by atoms with E-state index >= 15 is 0 Å². The molecule has 1 aliphatic heterocycles. The minimum absolute atomic E-state index is 0.0358. The Kier molecular flexibility index (Phi) is 4.35. The first kappa shape index (κ1) is 17.6. The van der Waals surface area contributed by atoms with Gasteiger partial charge in [0.05, 0.1) is 23.8 Å². The van der Waals surface area contributed by atoms with Gasteiger partial charge >= 0.3 is 0 Å². The smallest absolute Gasteiger partial charge is 0.0949 e. The number of rotatable bonds is 5. The molecule has 2 unspecified atom stereocenters.